The van der Waals surface area contributed by atoms with Gasteiger partial charge in [0.2, 0.25) is 0 Å². The lowest BCUT2D eigenvalue weighted by atomic mass is 10.2. The molecule has 88 valence electrons. The van der Waals surface area contributed by atoms with E-state index in [1.165, 1.54) is 13.0 Å². The largest absolute Gasteiger partial charge is 0.459 e. The molecule has 1 unspecified atom stereocenters. The van der Waals surface area contributed by atoms with Crippen LogP contribution in [0.4, 0.5) is 10.1 Å². The molecule has 0 saturated carbocycles. The Balaban J connectivity index is 2.87. The molecule has 0 amide bonds. The van der Waals surface area contributed by atoms with Crippen LogP contribution >= 0.6 is 15.9 Å². The van der Waals surface area contributed by atoms with Crippen LogP contribution < -0.4 is 5.73 Å². The molecule has 1 rings (SSSR count). The summed E-state index contributed by atoms with van der Waals surface area (Å²) < 4.78 is 18.0. The fourth-order valence-corrected chi connectivity index (χ4v) is 1.47. The van der Waals surface area contributed by atoms with E-state index >= 15 is 0 Å². The Hall–Kier alpha value is -1.14. The maximum Gasteiger partial charge on any atom is 0.339 e. The van der Waals surface area contributed by atoms with Crippen LogP contribution in [0, 0.1) is 5.82 Å². The normalized spacial score (nSPS) is 12.2. The van der Waals surface area contributed by atoms with Crippen LogP contribution in [-0.4, -0.2) is 23.8 Å². The summed E-state index contributed by atoms with van der Waals surface area (Å²) in [6.45, 7) is 1.36. The molecule has 0 aliphatic heterocycles. The number of nitrogen functional groups attached to an aromatic ring is 1. The highest BCUT2D eigenvalue weighted by Gasteiger charge is 2.15. The Morgan fingerprint density at radius 1 is 1.69 bits per heavy atom. The molecule has 1 aromatic rings. The number of benzene rings is 1. The number of halogens is 2. The Bertz CT molecular complexity index is 409. The van der Waals surface area contributed by atoms with Gasteiger partial charge in [0, 0.05) is 4.47 Å². The Labute approximate surface area is 100 Å². The molecule has 6 heteroatoms. The monoisotopic (exact) mass is 291 g/mol. The topological polar surface area (TPSA) is 72.5 Å². The molecule has 0 spiro atoms. The molecule has 1 atom stereocenters. The predicted octanol–water partition coefficient (Wildman–Crippen LogP) is 1.71. The number of aliphatic hydroxyl groups is 1. The van der Waals surface area contributed by atoms with Crippen molar-refractivity contribution in [2.24, 2.45) is 0 Å². The van der Waals surface area contributed by atoms with Gasteiger partial charge in [-0.05, 0) is 35.0 Å². The van der Waals surface area contributed by atoms with Crippen LogP contribution in [0.15, 0.2) is 16.6 Å². The van der Waals surface area contributed by atoms with Crippen LogP contribution in [-0.2, 0) is 4.74 Å². The highest BCUT2D eigenvalue weighted by Crippen LogP contribution is 2.23. The van der Waals surface area contributed by atoms with Crippen molar-refractivity contribution in [2.45, 2.75) is 13.0 Å². The summed E-state index contributed by atoms with van der Waals surface area (Å²) >= 11 is 3.03. The fourth-order valence-electron chi connectivity index (χ4n) is 0.996. The van der Waals surface area contributed by atoms with Gasteiger partial charge >= 0.3 is 5.97 Å². The number of rotatable bonds is 3. The van der Waals surface area contributed by atoms with E-state index in [-0.39, 0.29) is 22.3 Å². The van der Waals surface area contributed by atoms with Crippen LogP contribution in [0.25, 0.3) is 0 Å². The van der Waals surface area contributed by atoms with E-state index in [0.717, 1.165) is 6.07 Å². The number of aliphatic hydroxyl groups excluding tert-OH is 1. The van der Waals surface area contributed by atoms with E-state index in [1.54, 1.807) is 0 Å². The molecular weight excluding hydrogens is 281 g/mol. The van der Waals surface area contributed by atoms with E-state index in [1.807, 2.05) is 0 Å². The second kappa shape index (κ2) is 5.27. The van der Waals surface area contributed by atoms with Crippen molar-refractivity contribution in [1.29, 1.82) is 0 Å². The van der Waals surface area contributed by atoms with Gasteiger partial charge < -0.3 is 15.6 Å². The summed E-state index contributed by atoms with van der Waals surface area (Å²) in [6.07, 6.45) is -0.750. The first-order valence-corrected chi connectivity index (χ1v) is 5.31. The number of carbonyl (C=O) groups excluding carboxylic acids is 1. The molecule has 0 saturated heterocycles. The SMILES string of the molecule is CC(O)COC(=O)c1cc(N)c(F)cc1Br. The number of nitrogens with two attached hydrogens (primary N) is 1. The Morgan fingerprint density at radius 2 is 2.31 bits per heavy atom. The lowest BCUT2D eigenvalue weighted by Crippen LogP contribution is -2.16. The maximum absolute atomic E-state index is 13.0. The van der Waals surface area contributed by atoms with E-state index in [9.17, 15) is 9.18 Å². The van der Waals surface area contributed by atoms with Gasteiger partial charge in [-0.2, -0.15) is 0 Å². The molecule has 4 nitrogen and oxygen atoms in total. The molecule has 0 bridgehead atoms. The zero-order chi connectivity index (χ0) is 12.3. The van der Waals surface area contributed by atoms with Crippen molar-refractivity contribution in [3.8, 4) is 0 Å². The number of anilines is 1. The first-order chi connectivity index (χ1) is 7.41. The van der Waals surface area contributed by atoms with Crippen LogP contribution in [0.2, 0.25) is 0 Å². The van der Waals surface area contributed by atoms with Gasteiger partial charge in [0.15, 0.2) is 0 Å². The molecule has 0 heterocycles. The standard InChI is InChI=1S/C10H11BrFNO3/c1-5(14)4-16-10(15)6-2-9(13)8(12)3-7(6)11/h2-3,5,14H,4,13H2,1H3. The van der Waals surface area contributed by atoms with Crippen molar-refractivity contribution in [2.75, 3.05) is 12.3 Å². The minimum absolute atomic E-state index is 0.122. The Kier molecular flexibility index (Phi) is 4.26. The zero-order valence-electron chi connectivity index (χ0n) is 8.54. The van der Waals surface area contributed by atoms with Gasteiger partial charge in [-0.25, -0.2) is 9.18 Å². The summed E-state index contributed by atoms with van der Waals surface area (Å²) in [5.74, 6) is -1.28. The molecule has 3 N–H and O–H groups in total. The van der Waals surface area contributed by atoms with Gasteiger partial charge in [0.05, 0.1) is 17.4 Å². The average molecular weight is 292 g/mol. The third kappa shape index (κ3) is 3.18. The third-order valence-electron chi connectivity index (χ3n) is 1.76. The summed E-state index contributed by atoms with van der Waals surface area (Å²) in [5.41, 5.74) is 5.32. The summed E-state index contributed by atoms with van der Waals surface area (Å²) in [7, 11) is 0. The molecule has 0 fully saturated rings. The molecule has 0 aromatic heterocycles. The molecule has 0 aliphatic rings. The predicted molar refractivity (Wildman–Crippen MR) is 60.5 cm³/mol. The fraction of sp³-hybridized carbons (Fsp3) is 0.300. The summed E-state index contributed by atoms with van der Waals surface area (Å²) in [6, 6.07) is 2.28. The number of hydrogen-bond donors (Lipinski definition) is 2. The molecule has 1 aromatic carbocycles. The second-order valence-corrected chi connectivity index (χ2v) is 4.16. The summed E-state index contributed by atoms with van der Waals surface area (Å²) in [4.78, 5) is 11.5. The van der Waals surface area contributed by atoms with Gasteiger partial charge in [0.25, 0.3) is 0 Å². The molecule has 16 heavy (non-hydrogen) atoms. The molecular formula is C10H11BrFNO3. The number of esters is 1. The van der Waals surface area contributed by atoms with Gasteiger partial charge in [-0.1, -0.05) is 0 Å². The highest BCUT2D eigenvalue weighted by atomic mass is 79.9. The number of ether oxygens (including phenoxy) is 1. The summed E-state index contributed by atoms with van der Waals surface area (Å²) in [5, 5.41) is 8.94. The van der Waals surface area contributed by atoms with E-state index in [4.69, 9.17) is 15.6 Å². The van der Waals surface area contributed by atoms with Crippen molar-refractivity contribution in [3.63, 3.8) is 0 Å². The second-order valence-electron chi connectivity index (χ2n) is 3.30. The lowest BCUT2D eigenvalue weighted by molar-refractivity contribution is 0.0295. The average Bonchev–Trinajstić information content (AvgIpc) is 2.20. The number of hydrogen-bond acceptors (Lipinski definition) is 4. The van der Waals surface area contributed by atoms with E-state index in [2.05, 4.69) is 15.9 Å². The molecule has 0 aliphatic carbocycles. The number of carbonyl (C=O) groups is 1. The van der Waals surface area contributed by atoms with Crippen LogP contribution in [0.3, 0.4) is 0 Å². The Morgan fingerprint density at radius 3 is 2.88 bits per heavy atom. The highest BCUT2D eigenvalue weighted by molar-refractivity contribution is 9.10. The minimum Gasteiger partial charge on any atom is -0.459 e. The van der Waals surface area contributed by atoms with Gasteiger partial charge in [-0.15, -0.1) is 0 Å². The van der Waals surface area contributed by atoms with E-state index in [0.29, 0.717) is 0 Å². The molecule has 0 radical (unpaired) electrons. The first-order valence-electron chi connectivity index (χ1n) is 4.51. The smallest absolute Gasteiger partial charge is 0.339 e. The van der Waals surface area contributed by atoms with Crippen molar-refractivity contribution in [1.82, 2.24) is 0 Å². The quantitative estimate of drug-likeness (QED) is 0.657. The van der Waals surface area contributed by atoms with Gasteiger partial charge in [0.1, 0.15) is 12.4 Å². The first kappa shape index (κ1) is 12.9. The van der Waals surface area contributed by atoms with Crippen LogP contribution in [0.5, 0.6) is 0 Å². The van der Waals surface area contributed by atoms with Crippen molar-refractivity contribution < 1.29 is 19.0 Å². The third-order valence-corrected chi connectivity index (χ3v) is 2.42. The van der Waals surface area contributed by atoms with Crippen molar-refractivity contribution in [3.05, 3.63) is 28.0 Å². The zero-order valence-corrected chi connectivity index (χ0v) is 10.1. The lowest BCUT2D eigenvalue weighted by Gasteiger charge is -2.08. The van der Waals surface area contributed by atoms with Crippen molar-refractivity contribution >= 4 is 27.6 Å². The van der Waals surface area contributed by atoms with E-state index < -0.39 is 17.9 Å². The van der Waals surface area contributed by atoms with Gasteiger partial charge in [-0.3, -0.25) is 0 Å². The minimum atomic E-state index is -0.750. The maximum atomic E-state index is 13.0. The van der Waals surface area contributed by atoms with Crippen LogP contribution in [0.1, 0.15) is 17.3 Å².